The highest BCUT2D eigenvalue weighted by Gasteiger charge is 2.16. The fourth-order valence-electron chi connectivity index (χ4n) is 12.2. The lowest BCUT2D eigenvalue weighted by molar-refractivity contribution is -0.179. The van der Waals surface area contributed by atoms with Crippen LogP contribution in [0.2, 0.25) is 0 Å². The number of benzene rings is 9. The second-order valence-electron chi connectivity index (χ2n) is 32.4. The van der Waals surface area contributed by atoms with E-state index in [-0.39, 0.29) is 82.8 Å². The molecule has 0 fully saturated rings. The van der Waals surface area contributed by atoms with Crippen LogP contribution >= 0.6 is 61.4 Å². The lowest BCUT2D eigenvalue weighted by Crippen LogP contribution is -2.38. The van der Waals surface area contributed by atoms with Crippen LogP contribution in [0.15, 0.2) is 298 Å². The van der Waals surface area contributed by atoms with Crippen molar-refractivity contribution in [3.8, 4) is 0 Å². The Kier molecular flexibility index (Phi) is 72.7. The van der Waals surface area contributed by atoms with Gasteiger partial charge in [-0.2, -0.15) is 37.9 Å². The van der Waals surface area contributed by atoms with Crippen molar-refractivity contribution in [2.75, 3.05) is 48.9 Å². The Morgan fingerprint density at radius 1 is 0.371 bits per heavy atom. The number of hydrogen-bond acceptors (Lipinski definition) is 23. The minimum absolute atomic E-state index is 0.00608. The predicted molar refractivity (Wildman–Crippen MR) is 563 cm³/mol. The molecule has 0 aromatic heterocycles. The molecular formula is C105H153N13O9S5. The van der Waals surface area contributed by atoms with Gasteiger partial charge >= 0.3 is 0 Å². The summed E-state index contributed by atoms with van der Waals surface area (Å²) in [6, 6.07) is 89.9. The number of nitrogens with one attached hydrogen (secondary N) is 2. The fourth-order valence-corrected chi connectivity index (χ4v) is 14.1. The van der Waals surface area contributed by atoms with Crippen LogP contribution in [0.4, 0.5) is 0 Å². The van der Waals surface area contributed by atoms with Gasteiger partial charge < -0.3 is 56.9 Å². The summed E-state index contributed by atoms with van der Waals surface area (Å²) in [5.41, 5.74) is 66.5. The smallest absolute Gasteiger partial charge is 0.245 e. The first-order valence-electron chi connectivity index (χ1n) is 44.8. The van der Waals surface area contributed by atoms with Crippen molar-refractivity contribution in [3.05, 3.63) is 348 Å². The molecule has 0 aliphatic rings. The molecule has 22 nitrogen and oxygen atoms in total. The van der Waals surface area contributed by atoms with Gasteiger partial charge in [0.1, 0.15) is 13.2 Å². The third-order valence-corrected chi connectivity index (χ3v) is 21.6. The number of carbonyl (C=O) groups is 6. The number of nitrogens with zero attached hydrogens (tertiary/aromatic N) is 2. The summed E-state index contributed by atoms with van der Waals surface area (Å²) in [5, 5.41) is 5.39. The molecule has 0 aliphatic heterocycles. The molecule has 9 atom stereocenters. The molecule has 0 saturated carbocycles. The number of allylic oxidation sites excluding steroid dienone is 1. The zero-order valence-electron chi connectivity index (χ0n) is 78.7. The minimum atomic E-state index is -0.215. The van der Waals surface area contributed by atoms with Crippen molar-refractivity contribution in [2.24, 2.45) is 63.4 Å². The van der Waals surface area contributed by atoms with Gasteiger partial charge in [-0.15, -0.1) is 0 Å². The Labute approximate surface area is 814 Å². The molecule has 9 unspecified atom stereocenters. The molecule has 0 saturated heterocycles. The summed E-state index contributed by atoms with van der Waals surface area (Å²) >= 11 is 15.0. The number of nitrogens with two attached hydrogens (primary N) is 9. The van der Waals surface area contributed by atoms with E-state index in [9.17, 15) is 28.8 Å². The van der Waals surface area contributed by atoms with Gasteiger partial charge in [0, 0.05) is 105 Å². The van der Waals surface area contributed by atoms with E-state index in [0.29, 0.717) is 82.6 Å². The maximum Gasteiger partial charge on any atom is 0.245 e. The van der Waals surface area contributed by atoms with Crippen LogP contribution in [0.3, 0.4) is 0 Å². The van der Waals surface area contributed by atoms with E-state index in [0.717, 1.165) is 114 Å². The normalized spacial score (nSPS) is 12.4. The topological polar surface area (TPSA) is 395 Å². The van der Waals surface area contributed by atoms with Crippen molar-refractivity contribution in [2.45, 2.75) is 199 Å². The summed E-state index contributed by atoms with van der Waals surface area (Å²) in [7, 11) is 1.62. The van der Waals surface area contributed by atoms with Crippen LogP contribution in [-0.4, -0.2) is 148 Å². The van der Waals surface area contributed by atoms with Gasteiger partial charge in [-0.05, 0) is 144 Å². The van der Waals surface area contributed by atoms with Gasteiger partial charge in [-0.3, -0.25) is 43.3 Å². The number of rotatable bonds is 47. The third kappa shape index (κ3) is 70.6. The Hall–Kier alpha value is -9.05. The summed E-state index contributed by atoms with van der Waals surface area (Å²) in [6.45, 7) is 20.9. The molecule has 0 aliphatic carbocycles. The predicted octanol–water partition coefficient (Wildman–Crippen LogP) is 15.6. The number of carbonyl (C=O) groups excluding carboxylic acids is 6. The molecule has 20 N–H and O–H groups in total. The van der Waals surface area contributed by atoms with Crippen LogP contribution in [-0.2, 0) is 102 Å². The van der Waals surface area contributed by atoms with Gasteiger partial charge in [0.15, 0.2) is 10.2 Å². The first-order chi connectivity index (χ1) is 63.4. The maximum atomic E-state index is 11.7. The van der Waals surface area contributed by atoms with Crippen LogP contribution in [0, 0.1) is 11.8 Å². The molecule has 0 heterocycles. The van der Waals surface area contributed by atoms with E-state index in [4.69, 9.17) is 66.1 Å². The maximum absolute atomic E-state index is 11.7. The van der Waals surface area contributed by atoms with Crippen LogP contribution in [0.1, 0.15) is 137 Å². The molecule has 9 aromatic carbocycles. The van der Waals surface area contributed by atoms with E-state index >= 15 is 0 Å². The van der Waals surface area contributed by atoms with E-state index in [2.05, 4.69) is 126 Å². The van der Waals surface area contributed by atoms with Crippen molar-refractivity contribution in [3.63, 3.8) is 0 Å². The molecule has 0 radical (unpaired) electrons. The molecular weight excluding hydrogens is 1750 g/mol. The molecule has 0 bridgehead atoms. The number of amides is 4. The van der Waals surface area contributed by atoms with Gasteiger partial charge in [0.25, 0.3) is 0 Å². The van der Waals surface area contributed by atoms with E-state index in [1.807, 2.05) is 237 Å². The SMILES string of the molecule is C=CC(=C)CC(N)CCS.CC(=O)SCC(N)CC(C)C.CC(=O)SCC(N)Cc1ccccc1.CC(C)CC(N)CN(C=O)OCc1ccccc1.CNC(=O)CC(N)Cc1ccccc1.NC(CC(=O)NOCc1ccccc1)Cc1ccccc1.NC(CCS)Cc1ccccc1.NC(CS)Cc1ccccc1.NC(Cc1ccccc1)CN(C=O)OCc1ccccc1. The standard InChI is InChI=1S/2C17H20N2O2.C14H22N2O2.C11H16N2O.C11H15NOS.C10H15NS.C9H13NS.C8H17NOS.C8H15NS/c18-17(11-15-7-3-1-4-8-15)12-19(14-20)21-13-16-9-5-2-6-10-16;18-16(11-14-7-3-1-4-8-14)12-17(20)19-21-13-15-9-5-2-6-10-15;1-12(2)8-14(15)9-16(11-17)18-10-13-6-4-3-5-7-13;1-13-11(14)8-10(12)7-9-5-3-2-4-6-9;1-9(13)14-8-11(12)7-10-5-3-2-4-6-10;11-10(6-7-12)8-9-4-2-1-3-5-9;10-9(7-11)6-8-4-2-1-3-5-8;1-6(2)4-8(9)5-11-7(3)10;1-3-7(2)6-8(9)4-5-10/h1-10,14,17H,11-13,18H2;1-10,16H,11-13,18H2,(H,19,20);3-7,11-12,14H,8-10,15H2,1-2H3;2-6,10H,7-8,12H2,1H3,(H,13,14);2-6,11H,7-8,12H2,1H3;1-5,10,12H,6-8,11H2;1-5,9,11H,6-7,10H2;6,8H,4-5,9H2,1-3H3;3,8,10H,1-2,4-6,9H2. The third-order valence-electron chi connectivity index (χ3n) is 18.6. The Morgan fingerprint density at radius 3 is 0.962 bits per heavy atom. The van der Waals surface area contributed by atoms with Crippen molar-refractivity contribution >= 4 is 96.3 Å². The highest BCUT2D eigenvalue weighted by molar-refractivity contribution is 8.13. The number of hydroxylamine groups is 5. The summed E-state index contributed by atoms with van der Waals surface area (Å²) in [4.78, 5) is 82.0. The van der Waals surface area contributed by atoms with Crippen molar-refractivity contribution in [1.29, 1.82) is 0 Å². The Bertz CT molecular complexity index is 4340. The second-order valence-corrected chi connectivity index (χ2v) is 36.1. The van der Waals surface area contributed by atoms with Gasteiger partial charge in [-0.1, -0.05) is 349 Å². The average molecular weight is 1900 g/mol. The van der Waals surface area contributed by atoms with E-state index in [1.165, 1.54) is 55.9 Å². The number of thioether (sulfide) groups is 2. The summed E-state index contributed by atoms with van der Waals surface area (Å²) in [5.74, 6) is 4.84. The van der Waals surface area contributed by atoms with E-state index in [1.54, 1.807) is 27.0 Å². The molecule has 0 spiro atoms. The number of thiol groups is 3. The van der Waals surface area contributed by atoms with Gasteiger partial charge in [-0.25, -0.2) is 15.6 Å². The zero-order chi connectivity index (χ0) is 97.7. The Balaban J connectivity index is 0.000000752. The Morgan fingerprint density at radius 2 is 0.652 bits per heavy atom. The molecule has 9 aromatic rings. The van der Waals surface area contributed by atoms with Crippen LogP contribution < -0.4 is 62.4 Å². The van der Waals surface area contributed by atoms with Crippen LogP contribution in [0.5, 0.6) is 0 Å². The summed E-state index contributed by atoms with van der Waals surface area (Å²) in [6.07, 6.45) is 13.2. The number of hydrogen-bond donors (Lipinski definition) is 14. The highest BCUT2D eigenvalue weighted by atomic mass is 32.2. The largest absolute Gasteiger partial charge is 0.359 e. The molecule has 9 rings (SSSR count). The van der Waals surface area contributed by atoms with Crippen molar-refractivity contribution in [1.82, 2.24) is 20.9 Å². The molecule has 132 heavy (non-hydrogen) atoms. The van der Waals surface area contributed by atoms with Crippen LogP contribution in [0.25, 0.3) is 0 Å². The first-order valence-corrected chi connectivity index (χ1v) is 48.6. The quantitative estimate of drug-likeness (QED) is 0.00729. The lowest BCUT2D eigenvalue weighted by Gasteiger charge is -2.22. The second kappa shape index (κ2) is 79.3. The summed E-state index contributed by atoms with van der Waals surface area (Å²) < 4.78 is 0. The van der Waals surface area contributed by atoms with Gasteiger partial charge in [0.05, 0.1) is 19.7 Å². The first kappa shape index (κ1) is 121. The van der Waals surface area contributed by atoms with Crippen molar-refractivity contribution < 1.29 is 43.3 Å². The lowest BCUT2D eigenvalue weighted by atomic mass is 10.0. The molecule has 27 heteroatoms. The van der Waals surface area contributed by atoms with Gasteiger partial charge in [0.2, 0.25) is 24.6 Å². The highest BCUT2D eigenvalue weighted by Crippen LogP contribution is 2.15. The molecule has 722 valence electrons. The molecule has 4 amide bonds. The zero-order valence-corrected chi connectivity index (χ0v) is 83.0. The monoisotopic (exact) mass is 1900 g/mol. The average Bonchev–Trinajstić information content (AvgIpc) is 0.966. The van der Waals surface area contributed by atoms with E-state index < -0.39 is 0 Å². The minimum Gasteiger partial charge on any atom is -0.359 e. The fraction of sp³-hybridized carbons (Fsp3) is 0.390.